The number of halogens is 2. The van der Waals surface area contributed by atoms with Crippen molar-refractivity contribution in [2.45, 2.75) is 20.4 Å². The highest BCUT2D eigenvalue weighted by atomic mass is 35.5. The van der Waals surface area contributed by atoms with Crippen LogP contribution in [0.2, 0.25) is 5.02 Å². The molecule has 128 valence electrons. The Morgan fingerprint density at radius 3 is 2.28 bits per heavy atom. The van der Waals surface area contributed by atoms with Crippen LogP contribution in [0.15, 0.2) is 53.2 Å². The molecule has 0 saturated carbocycles. The third-order valence-electron chi connectivity index (χ3n) is 4.01. The number of hydrogen-bond donors (Lipinski definition) is 1. The largest absolute Gasteiger partial charge is 0.349 e. The summed E-state index contributed by atoms with van der Waals surface area (Å²) in [6, 6.07) is 12.7. The first kappa shape index (κ1) is 17.5. The van der Waals surface area contributed by atoms with Crippen molar-refractivity contribution < 1.29 is 9.59 Å². The Kier molecular flexibility index (Phi) is 4.84. The first-order chi connectivity index (χ1) is 11.9. The van der Waals surface area contributed by atoms with Gasteiger partial charge in [0.1, 0.15) is 10.7 Å². The van der Waals surface area contributed by atoms with E-state index >= 15 is 0 Å². The van der Waals surface area contributed by atoms with Crippen LogP contribution in [0.3, 0.4) is 0 Å². The number of nitrogens with one attached hydrogen (secondary N) is 1. The number of carbonyl (C=O) groups excluding carboxylic acids is 2. The maximum atomic E-state index is 12.7. The van der Waals surface area contributed by atoms with Gasteiger partial charge in [0.15, 0.2) is 0 Å². The molecule has 0 atom stereocenters. The fourth-order valence-corrected chi connectivity index (χ4v) is 3.02. The monoisotopic (exact) mass is 374 g/mol. The highest BCUT2D eigenvalue weighted by molar-refractivity contribution is 6.48. The van der Waals surface area contributed by atoms with E-state index in [0.29, 0.717) is 5.02 Å². The summed E-state index contributed by atoms with van der Waals surface area (Å²) < 4.78 is 0. The lowest BCUT2D eigenvalue weighted by Gasteiger charge is -2.15. The number of hydrogen-bond acceptors (Lipinski definition) is 3. The minimum atomic E-state index is -0.506. The van der Waals surface area contributed by atoms with Gasteiger partial charge < -0.3 is 5.32 Å². The van der Waals surface area contributed by atoms with Crippen molar-refractivity contribution >= 4 is 40.7 Å². The zero-order chi connectivity index (χ0) is 18.1. The Morgan fingerprint density at radius 2 is 1.64 bits per heavy atom. The van der Waals surface area contributed by atoms with E-state index in [0.717, 1.165) is 27.3 Å². The van der Waals surface area contributed by atoms with E-state index in [1.54, 1.807) is 24.3 Å². The first-order valence-corrected chi connectivity index (χ1v) is 8.47. The smallest absolute Gasteiger partial charge is 0.279 e. The molecule has 0 bridgehead atoms. The third-order valence-corrected chi connectivity index (χ3v) is 4.61. The van der Waals surface area contributed by atoms with Crippen molar-refractivity contribution in [3.63, 3.8) is 0 Å². The van der Waals surface area contributed by atoms with Gasteiger partial charge in [-0.05, 0) is 43.2 Å². The molecule has 4 nitrogen and oxygen atoms in total. The van der Waals surface area contributed by atoms with Crippen molar-refractivity contribution in [2.24, 2.45) is 0 Å². The number of imide groups is 1. The van der Waals surface area contributed by atoms with E-state index in [2.05, 4.69) is 5.32 Å². The number of carbonyl (C=O) groups is 2. The molecule has 1 N–H and O–H groups in total. The molecule has 0 aromatic heterocycles. The predicted molar refractivity (Wildman–Crippen MR) is 99.4 cm³/mol. The molecule has 0 radical (unpaired) electrons. The third kappa shape index (κ3) is 3.55. The normalized spacial score (nSPS) is 14.5. The van der Waals surface area contributed by atoms with E-state index in [9.17, 15) is 9.59 Å². The average molecular weight is 375 g/mol. The highest BCUT2D eigenvalue weighted by Gasteiger charge is 2.37. The Balaban J connectivity index is 1.82. The van der Waals surface area contributed by atoms with Crippen LogP contribution in [-0.4, -0.2) is 16.7 Å². The SMILES string of the molecule is Cc1ccc(NC2=C(Cl)C(=O)N(Cc3ccc(Cl)cc3)C2=O)c(C)c1. The molecule has 1 heterocycles. The van der Waals surface area contributed by atoms with Gasteiger partial charge in [0.2, 0.25) is 0 Å². The lowest BCUT2D eigenvalue weighted by atomic mass is 10.1. The van der Waals surface area contributed by atoms with Crippen LogP contribution in [-0.2, 0) is 16.1 Å². The number of benzene rings is 2. The molecule has 0 aliphatic carbocycles. The average Bonchev–Trinajstić information content (AvgIpc) is 2.77. The Morgan fingerprint density at radius 1 is 0.960 bits per heavy atom. The van der Waals surface area contributed by atoms with Crippen LogP contribution >= 0.6 is 23.2 Å². The number of anilines is 1. The zero-order valence-electron chi connectivity index (χ0n) is 13.8. The van der Waals surface area contributed by atoms with Crippen LogP contribution in [0.25, 0.3) is 0 Å². The van der Waals surface area contributed by atoms with Gasteiger partial charge in [-0.3, -0.25) is 14.5 Å². The lowest BCUT2D eigenvalue weighted by Crippen LogP contribution is -2.31. The van der Waals surface area contributed by atoms with Crippen molar-refractivity contribution in [2.75, 3.05) is 5.32 Å². The van der Waals surface area contributed by atoms with E-state index < -0.39 is 11.8 Å². The van der Waals surface area contributed by atoms with Crippen molar-refractivity contribution in [3.05, 3.63) is 74.9 Å². The van der Waals surface area contributed by atoms with Gasteiger partial charge in [0.25, 0.3) is 11.8 Å². The second kappa shape index (κ2) is 6.90. The van der Waals surface area contributed by atoms with Crippen molar-refractivity contribution in [1.29, 1.82) is 0 Å². The van der Waals surface area contributed by atoms with Crippen molar-refractivity contribution in [1.82, 2.24) is 4.90 Å². The molecule has 25 heavy (non-hydrogen) atoms. The quantitative estimate of drug-likeness (QED) is 0.807. The molecule has 0 spiro atoms. The minimum absolute atomic E-state index is 0.0982. The Hall–Kier alpha value is -2.30. The standard InChI is InChI=1S/C19H16Cl2N2O2/c1-11-3-8-15(12(2)9-11)22-17-16(21)18(24)23(19(17)25)10-13-4-6-14(20)7-5-13/h3-9,22H,10H2,1-2H3. The maximum absolute atomic E-state index is 12.7. The molecule has 1 aliphatic heterocycles. The van der Waals surface area contributed by atoms with Gasteiger partial charge in [-0.2, -0.15) is 0 Å². The van der Waals surface area contributed by atoms with Gasteiger partial charge in [0.05, 0.1) is 6.54 Å². The molecule has 2 amide bonds. The molecular formula is C19H16Cl2N2O2. The molecule has 0 unspecified atom stereocenters. The van der Waals surface area contributed by atoms with Crippen LogP contribution in [0.5, 0.6) is 0 Å². The van der Waals surface area contributed by atoms with Gasteiger partial charge in [0, 0.05) is 10.7 Å². The van der Waals surface area contributed by atoms with Crippen LogP contribution in [0, 0.1) is 13.8 Å². The molecule has 2 aromatic rings. The molecule has 6 heteroatoms. The number of rotatable bonds is 4. The zero-order valence-corrected chi connectivity index (χ0v) is 15.3. The minimum Gasteiger partial charge on any atom is -0.349 e. The number of nitrogens with zero attached hydrogens (tertiary/aromatic N) is 1. The van der Waals surface area contributed by atoms with Gasteiger partial charge in [-0.25, -0.2) is 0 Å². The lowest BCUT2D eigenvalue weighted by molar-refractivity contribution is -0.138. The van der Waals surface area contributed by atoms with Crippen LogP contribution in [0.4, 0.5) is 5.69 Å². The summed E-state index contributed by atoms with van der Waals surface area (Å²) in [5.41, 5.74) is 3.72. The summed E-state index contributed by atoms with van der Waals surface area (Å²) in [7, 11) is 0. The molecular weight excluding hydrogens is 359 g/mol. The summed E-state index contributed by atoms with van der Waals surface area (Å²) in [5.74, 6) is -0.946. The molecule has 0 saturated heterocycles. The van der Waals surface area contributed by atoms with E-state index in [1.807, 2.05) is 32.0 Å². The summed E-state index contributed by atoms with van der Waals surface area (Å²) in [5, 5.41) is 3.50. The molecule has 2 aromatic carbocycles. The maximum Gasteiger partial charge on any atom is 0.279 e. The summed E-state index contributed by atoms with van der Waals surface area (Å²) in [4.78, 5) is 26.2. The van der Waals surface area contributed by atoms with E-state index in [-0.39, 0.29) is 17.3 Å². The molecule has 1 aliphatic rings. The first-order valence-electron chi connectivity index (χ1n) is 7.71. The summed E-state index contributed by atoms with van der Waals surface area (Å²) in [6.45, 7) is 4.06. The van der Waals surface area contributed by atoms with Gasteiger partial charge in [-0.15, -0.1) is 0 Å². The van der Waals surface area contributed by atoms with Crippen LogP contribution < -0.4 is 5.32 Å². The highest BCUT2D eigenvalue weighted by Crippen LogP contribution is 2.28. The summed E-state index contributed by atoms with van der Waals surface area (Å²) >= 11 is 12.0. The van der Waals surface area contributed by atoms with Crippen molar-refractivity contribution in [3.8, 4) is 0 Å². The summed E-state index contributed by atoms with van der Waals surface area (Å²) in [6.07, 6.45) is 0. The second-order valence-corrected chi connectivity index (χ2v) is 6.77. The molecule has 0 fully saturated rings. The fourth-order valence-electron chi connectivity index (χ4n) is 2.66. The molecule has 3 rings (SSSR count). The van der Waals surface area contributed by atoms with Crippen LogP contribution in [0.1, 0.15) is 16.7 Å². The van der Waals surface area contributed by atoms with E-state index in [4.69, 9.17) is 23.2 Å². The van der Waals surface area contributed by atoms with E-state index in [1.165, 1.54) is 0 Å². The number of amides is 2. The Labute approximate surface area is 156 Å². The second-order valence-electron chi connectivity index (χ2n) is 5.96. The fraction of sp³-hybridized carbons (Fsp3) is 0.158. The predicted octanol–water partition coefficient (Wildman–Crippen LogP) is 4.39. The Bertz CT molecular complexity index is 889. The number of aryl methyl sites for hydroxylation is 2. The van der Waals surface area contributed by atoms with Gasteiger partial charge in [-0.1, -0.05) is 53.0 Å². The topological polar surface area (TPSA) is 49.4 Å². The van der Waals surface area contributed by atoms with Gasteiger partial charge >= 0.3 is 0 Å².